The van der Waals surface area contributed by atoms with Crippen LogP contribution in [0.2, 0.25) is 0 Å². The molecule has 0 spiro atoms. The van der Waals surface area contributed by atoms with E-state index < -0.39 is 0 Å². The van der Waals surface area contributed by atoms with Gasteiger partial charge in [-0.3, -0.25) is 4.79 Å². The lowest BCUT2D eigenvalue weighted by Crippen LogP contribution is -2.36. The van der Waals surface area contributed by atoms with Gasteiger partial charge in [0.25, 0.3) is 0 Å². The average molecular weight is 408 g/mol. The van der Waals surface area contributed by atoms with Gasteiger partial charge in [-0.25, -0.2) is 0 Å². The van der Waals surface area contributed by atoms with E-state index in [1.54, 1.807) is 4.68 Å². The molecule has 150 valence electrons. The van der Waals surface area contributed by atoms with E-state index in [4.69, 9.17) is 0 Å². The number of benzene rings is 2. The number of tetrazole rings is 1. The van der Waals surface area contributed by atoms with Crippen LogP contribution in [0, 0.1) is 13.8 Å². The van der Waals surface area contributed by atoms with E-state index in [1.807, 2.05) is 32.0 Å². The van der Waals surface area contributed by atoms with Gasteiger partial charge in [-0.15, -0.1) is 5.10 Å². The highest BCUT2D eigenvalue weighted by Gasteiger charge is 2.25. The lowest BCUT2D eigenvalue weighted by molar-refractivity contribution is -0.121. The summed E-state index contributed by atoms with van der Waals surface area (Å²) in [6.45, 7) is 5.99. The number of rotatable bonds is 5. The summed E-state index contributed by atoms with van der Waals surface area (Å²) in [5.41, 5.74) is 5.79. The Labute approximate surface area is 175 Å². The Balaban J connectivity index is 1.48. The quantitative estimate of drug-likeness (QED) is 0.648. The molecule has 29 heavy (non-hydrogen) atoms. The minimum atomic E-state index is -0.306. The standard InChI is InChI=1S/C22H25N5OS/c1-14-11-12-20(15(2)13-14)27-22(24-25-26-27)29-16(3)21(28)23-19-10-6-8-17-7-4-5-9-18(17)19/h4-5,7,9,11-13,16,19H,6,8,10H2,1-3H3,(H,23,28). The third-order valence-electron chi connectivity index (χ3n) is 5.36. The molecule has 3 aromatic rings. The predicted octanol–water partition coefficient (Wildman–Crippen LogP) is 3.95. The first-order valence-corrected chi connectivity index (χ1v) is 10.8. The first-order chi connectivity index (χ1) is 14.0. The number of thioether (sulfide) groups is 1. The van der Waals surface area contributed by atoms with Crippen LogP contribution in [0.25, 0.3) is 5.69 Å². The lowest BCUT2D eigenvalue weighted by Gasteiger charge is -2.27. The van der Waals surface area contributed by atoms with Gasteiger partial charge in [0.05, 0.1) is 17.0 Å². The minimum Gasteiger partial charge on any atom is -0.348 e. The third-order valence-corrected chi connectivity index (χ3v) is 6.39. The second-order valence-corrected chi connectivity index (χ2v) is 8.88. The molecule has 0 aliphatic heterocycles. The maximum atomic E-state index is 12.9. The molecule has 1 N–H and O–H groups in total. The van der Waals surface area contributed by atoms with Gasteiger partial charge in [0.15, 0.2) is 0 Å². The molecular weight excluding hydrogens is 382 g/mol. The van der Waals surface area contributed by atoms with Crippen molar-refractivity contribution in [3.63, 3.8) is 0 Å². The van der Waals surface area contributed by atoms with E-state index in [2.05, 4.69) is 52.0 Å². The molecular formula is C22H25N5OS. The molecule has 1 heterocycles. The van der Waals surface area contributed by atoms with E-state index in [0.717, 1.165) is 30.5 Å². The molecule has 1 aliphatic rings. The summed E-state index contributed by atoms with van der Waals surface area (Å²) in [6.07, 6.45) is 3.15. The topological polar surface area (TPSA) is 72.7 Å². The van der Waals surface area contributed by atoms with Crippen molar-refractivity contribution in [3.8, 4) is 5.69 Å². The van der Waals surface area contributed by atoms with Gasteiger partial charge in [-0.2, -0.15) is 4.68 Å². The molecule has 0 saturated heterocycles. The van der Waals surface area contributed by atoms with Crippen LogP contribution in [-0.4, -0.2) is 31.4 Å². The zero-order valence-electron chi connectivity index (χ0n) is 16.9. The number of carbonyl (C=O) groups excluding carboxylic acids is 1. The summed E-state index contributed by atoms with van der Waals surface area (Å²) in [5, 5.41) is 15.7. The maximum Gasteiger partial charge on any atom is 0.233 e. The van der Waals surface area contributed by atoms with Crippen molar-refractivity contribution < 1.29 is 4.79 Å². The summed E-state index contributed by atoms with van der Waals surface area (Å²) in [6, 6.07) is 14.6. The summed E-state index contributed by atoms with van der Waals surface area (Å²) >= 11 is 1.38. The van der Waals surface area contributed by atoms with Crippen LogP contribution < -0.4 is 5.32 Å². The summed E-state index contributed by atoms with van der Waals surface area (Å²) < 4.78 is 1.71. The van der Waals surface area contributed by atoms with E-state index >= 15 is 0 Å². The first-order valence-electron chi connectivity index (χ1n) is 9.94. The highest BCUT2D eigenvalue weighted by atomic mass is 32.2. The van der Waals surface area contributed by atoms with Crippen LogP contribution >= 0.6 is 11.8 Å². The fourth-order valence-electron chi connectivity index (χ4n) is 3.85. The molecule has 0 saturated carbocycles. The minimum absolute atomic E-state index is 0.00637. The van der Waals surface area contributed by atoms with Crippen LogP contribution in [0.4, 0.5) is 0 Å². The molecule has 1 amide bonds. The van der Waals surface area contributed by atoms with Crippen LogP contribution in [0.5, 0.6) is 0 Å². The van der Waals surface area contributed by atoms with Crippen molar-refractivity contribution in [2.45, 2.75) is 56.5 Å². The fourth-order valence-corrected chi connectivity index (χ4v) is 4.66. The Bertz CT molecular complexity index is 1030. The molecule has 4 rings (SSSR count). The highest BCUT2D eigenvalue weighted by Crippen LogP contribution is 2.31. The third kappa shape index (κ3) is 4.19. The summed E-state index contributed by atoms with van der Waals surface area (Å²) in [5.74, 6) is 0.00637. The van der Waals surface area contributed by atoms with Crippen molar-refractivity contribution in [1.29, 1.82) is 0 Å². The zero-order chi connectivity index (χ0) is 20.4. The second-order valence-electron chi connectivity index (χ2n) is 7.58. The molecule has 2 unspecified atom stereocenters. The van der Waals surface area contributed by atoms with Gasteiger partial charge in [0.2, 0.25) is 11.1 Å². The zero-order valence-corrected chi connectivity index (χ0v) is 17.7. The van der Waals surface area contributed by atoms with Crippen molar-refractivity contribution >= 4 is 17.7 Å². The van der Waals surface area contributed by atoms with E-state index in [-0.39, 0.29) is 17.2 Å². The fraction of sp³-hybridized carbons (Fsp3) is 0.364. The molecule has 0 radical (unpaired) electrons. The number of fused-ring (bicyclic) bond motifs is 1. The maximum absolute atomic E-state index is 12.9. The number of nitrogens with zero attached hydrogens (tertiary/aromatic N) is 4. The van der Waals surface area contributed by atoms with Crippen molar-refractivity contribution in [2.75, 3.05) is 0 Å². The molecule has 0 bridgehead atoms. The van der Waals surface area contributed by atoms with Crippen molar-refractivity contribution in [3.05, 3.63) is 64.7 Å². The monoisotopic (exact) mass is 407 g/mol. The van der Waals surface area contributed by atoms with E-state index in [0.29, 0.717) is 5.16 Å². The molecule has 1 aliphatic carbocycles. The Morgan fingerprint density at radius 2 is 2.07 bits per heavy atom. The van der Waals surface area contributed by atoms with Gasteiger partial charge in [0.1, 0.15) is 0 Å². The van der Waals surface area contributed by atoms with Crippen LogP contribution in [0.3, 0.4) is 0 Å². The smallest absolute Gasteiger partial charge is 0.233 e. The summed E-state index contributed by atoms with van der Waals surface area (Å²) in [7, 11) is 0. The lowest BCUT2D eigenvalue weighted by atomic mass is 9.88. The largest absolute Gasteiger partial charge is 0.348 e. The number of amides is 1. The number of nitrogens with one attached hydrogen (secondary N) is 1. The first kappa shape index (κ1) is 19.6. The van der Waals surface area contributed by atoms with Crippen molar-refractivity contribution in [1.82, 2.24) is 25.5 Å². The number of aryl methyl sites for hydroxylation is 3. The average Bonchev–Trinajstić information content (AvgIpc) is 3.16. The van der Waals surface area contributed by atoms with Gasteiger partial charge in [-0.05, 0) is 73.2 Å². The molecule has 6 nitrogen and oxygen atoms in total. The second kappa shape index (κ2) is 8.37. The highest BCUT2D eigenvalue weighted by molar-refractivity contribution is 8.00. The van der Waals surface area contributed by atoms with Gasteiger partial charge < -0.3 is 5.32 Å². The number of hydrogen-bond donors (Lipinski definition) is 1. The Kier molecular flexibility index (Phi) is 5.67. The Morgan fingerprint density at radius 3 is 2.90 bits per heavy atom. The van der Waals surface area contributed by atoms with Gasteiger partial charge in [-0.1, -0.05) is 53.7 Å². The van der Waals surface area contributed by atoms with Crippen molar-refractivity contribution in [2.24, 2.45) is 0 Å². The SMILES string of the molecule is Cc1ccc(-n2nnnc2SC(C)C(=O)NC2CCCc3ccccc32)c(C)c1. The van der Waals surface area contributed by atoms with Gasteiger partial charge in [0, 0.05) is 0 Å². The van der Waals surface area contributed by atoms with E-state index in [1.165, 1.54) is 28.5 Å². The molecule has 0 fully saturated rings. The number of carbonyl (C=O) groups is 1. The van der Waals surface area contributed by atoms with Crippen LogP contribution in [0.15, 0.2) is 47.6 Å². The molecule has 7 heteroatoms. The normalized spacial score (nSPS) is 16.9. The van der Waals surface area contributed by atoms with Crippen LogP contribution in [0.1, 0.15) is 48.1 Å². The van der Waals surface area contributed by atoms with Crippen LogP contribution in [-0.2, 0) is 11.2 Å². The summed E-state index contributed by atoms with van der Waals surface area (Å²) in [4.78, 5) is 12.9. The van der Waals surface area contributed by atoms with E-state index in [9.17, 15) is 4.79 Å². The molecule has 1 aromatic heterocycles. The predicted molar refractivity (Wildman–Crippen MR) is 114 cm³/mol. The number of aromatic nitrogens is 4. The molecule has 2 atom stereocenters. The van der Waals surface area contributed by atoms with Gasteiger partial charge >= 0.3 is 0 Å². The number of hydrogen-bond acceptors (Lipinski definition) is 5. The molecule has 2 aromatic carbocycles. The Hall–Kier alpha value is -2.67. The Morgan fingerprint density at radius 1 is 1.24 bits per heavy atom.